The fourth-order valence-electron chi connectivity index (χ4n) is 4.46. The van der Waals surface area contributed by atoms with Gasteiger partial charge in [0.25, 0.3) is 0 Å². The summed E-state index contributed by atoms with van der Waals surface area (Å²) < 4.78 is 10.1. The quantitative estimate of drug-likeness (QED) is 0.0628. The summed E-state index contributed by atoms with van der Waals surface area (Å²) in [4.78, 5) is 48.1. The summed E-state index contributed by atoms with van der Waals surface area (Å²) in [6.07, 6.45) is 21.9. The molecule has 2 unspecified atom stereocenters. The maximum Gasteiger partial charge on any atom is 0.321 e. The van der Waals surface area contributed by atoms with Gasteiger partial charge in [-0.2, -0.15) is 0 Å². The average Bonchev–Trinajstić information content (AvgIpc) is 2.88. The third kappa shape index (κ3) is 19.0. The van der Waals surface area contributed by atoms with Gasteiger partial charge in [-0.3, -0.25) is 19.2 Å². The number of esters is 2. The highest BCUT2D eigenvalue weighted by atomic mass is 16.5. The van der Waals surface area contributed by atoms with E-state index < -0.39 is 35.7 Å². The van der Waals surface area contributed by atoms with Crippen molar-refractivity contribution in [2.75, 3.05) is 13.2 Å². The Hall–Kier alpha value is -2.12. The summed E-state index contributed by atoms with van der Waals surface area (Å²) in [6, 6.07) is 0. The van der Waals surface area contributed by atoms with Crippen molar-refractivity contribution < 1.29 is 38.9 Å². The van der Waals surface area contributed by atoms with Crippen LogP contribution in [0.5, 0.6) is 0 Å². The van der Waals surface area contributed by atoms with Crippen LogP contribution in [0.15, 0.2) is 0 Å². The number of unbranched alkanes of at least 4 members (excludes halogenated alkanes) is 18. The van der Waals surface area contributed by atoms with Crippen LogP contribution in [0.1, 0.15) is 142 Å². The third-order valence-electron chi connectivity index (χ3n) is 6.86. The van der Waals surface area contributed by atoms with E-state index in [2.05, 4.69) is 13.8 Å². The van der Waals surface area contributed by atoms with Crippen molar-refractivity contribution in [2.45, 2.75) is 142 Å². The van der Waals surface area contributed by atoms with E-state index in [1.807, 2.05) is 0 Å². The second-order valence-corrected chi connectivity index (χ2v) is 10.3. The lowest BCUT2D eigenvalue weighted by atomic mass is 9.92. The predicted octanol–water partition coefficient (Wildman–Crippen LogP) is 7.32. The highest BCUT2D eigenvalue weighted by Gasteiger charge is 2.46. The molecule has 0 aliphatic carbocycles. The van der Waals surface area contributed by atoms with Gasteiger partial charge in [0.15, 0.2) is 11.8 Å². The molecule has 222 valence electrons. The molecule has 0 heterocycles. The molecular weight excluding hydrogens is 488 g/mol. The van der Waals surface area contributed by atoms with Crippen molar-refractivity contribution in [1.82, 2.24) is 0 Å². The van der Waals surface area contributed by atoms with Crippen molar-refractivity contribution in [3.8, 4) is 0 Å². The topological polar surface area (TPSA) is 127 Å². The molecule has 0 aliphatic heterocycles. The van der Waals surface area contributed by atoms with Crippen molar-refractivity contribution in [3.05, 3.63) is 0 Å². The molecule has 8 nitrogen and oxygen atoms in total. The maximum atomic E-state index is 12.4. The number of ether oxygens (including phenoxy) is 2. The van der Waals surface area contributed by atoms with E-state index in [0.717, 1.165) is 38.5 Å². The lowest BCUT2D eigenvalue weighted by Gasteiger charge is -2.18. The molecule has 0 aliphatic rings. The van der Waals surface area contributed by atoms with Gasteiger partial charge in [0, 0.05) is 0 Å². The molecule has 2 N–H and O–H groups in total. The number of hydrogen-bond donors (Lipinski definition) is 2. The predicted molar refractivity (Wildman–Crippen MR) is 148 cm³/mol. The van der Waals surface area contributed by atoms with Crippen molar-refractivity contribution in [3.63, 3.8) is 0 Å². The van der Waals surface area contributed by atoms with Gasteiger partial charge >= 0.3 is 23.9 Å². The SMILES string of the molecule is CCCCCCCCCCCCOC(=O)C(C(=O)O)C(C(=O)O)C(=O)OCCCCCCCCCCCC. The largest absolute Gasteiger partial charge is 0.481 e. The van der Waals surface area contributed by atoms with E-state index >= 15 is 0 Å². The molecule has 8 heteroatoms. The lowest BCUT2D eigenvalue weighted by Crippen LogP contribution is -2.42. The van der Waals surface area contributed by atoms with Gasteiger partial charge in [0.2, 0.25) is 0 Å². The lowest BCUT2D eigenvalue weighted by molar-refractivity contribution is -0.176. The number of rotatable bonds is 27. The molecule has 0 amide bonds. The van der Waals surface area contributed by atoms with E-state index in [1.165, 1.54) is 77.0 Å². The van der Waals surface area contributed by atoms with Crippen LogP contribution in [0.4, 0.5) is 0 Å². The van der Waals surface area contributed by atoms with Crippen LogP contribution in [0.2, 0.25) is 0 Å². The Balaban J connectivity index is 4.25. The molecule has 2 atom stereocenters. The van der Waals surface area contributed by atoms with Crippen LogP contribution in [0.25, 0.3) is 0 Å². The molecule has 0 radical (unpaired) electrons. The van der Waals surface area contributed by atoms with Crippen LogP contribution < -0.4 is 0 Å². The fraction of sp³-hybridized carbons (Fsp3) is 0.867. The summed E-state index contributed by atoms with van der Waals surface area (Å²) in [5, 5.41) is 19.0. The Bertz CT molecular complexity index is 580. The number of hydrogen-bond acceptors (Lipinski definition) is 6. The van der Waals surface area contributed by atoms with E-state index in [9.17, 15) is 29.4 Å². The molecule has 0 fully saturated rings. The summed E-state index contributed by atoms with van der Waals surface area (Å²) >= 11 is 0. The minimum Gasteiger partial charge on any atom is -0.481 e. The monoisotopic (exact) mass is 542 g/mol. The van der Waals surface area contributed by atoms with Crippen LogP contribution in [0.3, 0.4) is 0 Å². The van der Waals surface area contributed by atoms with Gasteiger partial charge in [-0.25, -0.2) is 0 Å². The van der Waals surface area contributed by atoms with Gasteiger partial charge in [-0.15, -0.1) is 0 Å². The number of carbonyl (C=O) groups is 4. The Kier molecular flexibility index (Phi) is 23.8. The molecule has 0 aromatic carbocycles. The highest BCUT2D eigenvalue weighted by molar-refractivity contribution is 6.06. The van der Waals surface area contributed by atoms with Crippen LogP contribution in [0, 0.1) is 11.8 Å². The van der Waals surface area contributed by atoms with Gasteiger partial charge in [0.05, 0.1) is 13.2 Å². The molecule has 0 rings (SSSR count). The zero-order valence-corrected chi connectivity index (χ0v) is 24.1. The van der Waals surface area contributed by atoms with Gasteiger partial charge in [-0.05, 0) is 12.8 Å². The van der Waals surface area contributed by atoms with Crippen LogP contribution in [-0.4, -0.2) is 47.3 Å². The zero-order chi connectivity index (χ0) is 28.4. The molecule has 0 bridgehead atoms. The molecular formula is C30H54O8. The molecule has 38 heavy (non-hydrogen) atoms. The molecule has 0 spiro atoms. The molecule has 0 aromatic rings. The normalized spacial score (nSPS) is 12.6. The van der Waals surface area contributed by atoms with Crippen molar-refractivity contribution >= 4 is 23.9 Å². The molecule has 0 saturated carbocycles. The fourth-order valence-corrected chi connectivity index (χ4v) is 4.46. The molecule has 0 saturated heterocycles. The van der Waals surface area contributed by atoms with Crippen LogP contribution >= 0.6 is 0 Å². The highest BCUT2D eigenvalue weighted by Crippen LogP contribution is 2.19. The average molecular weight is 543 g/mol. The third-order valence-corrected chi connectivity index (χ3v) is 6.86. The smallest absolute Gasteiger partial charge is 0.321 e. The second kappa shape index (κ2) is 25.2. The summed E-state index contributed by atoms with van der Waals surface area (Å²) in [6.45, 7) is 4.38. The van der Waals surface area contributed by atoms with E-state index in [1.54, 1.807) is 0 Å². The number of carboxylic acids is 2. The first-order valence-electron chi connectivity index (χ1n) is 15.2. The van der Waals surface area contributed by atoms with Crippen molar-refractivity contribution in [1.29, 1.82) is 0 Å². The Morgan fingerprint density at radius 1 is 0.447 bits per heavy atom. The summed E-state index contributed by atoms with van der Waals surface area (Å²) in [5.41, 5.74) is 0. The van der Waals surface area contributed by atoms with E-state index in [0.29, 0.717) is 12.8 Å². The van der Waals surface area contributed by atoms with Gasteiger partial charge < -0.3 is 19.7 Å². The minimum atomic E-state index is -2.13. The Morgan fingerprint density at radius 2 is 0.684 bits per heavy atom. The Morgan fingerprint density at radius 3 is 0.921 bits per heavy atom. The first kappa shape index (κ1) is 35.9. The number of carbonyl (C=O) groups excluding carboxylic acids is 2. The molecule has 0 aromatic heterocycles. The second-order valence-electron chi connectivity index (χ2n) is 10.3. The standard InChI is InChI=1S/C30H54O8/c1-3-5-7-9-11-13-15-17-19-21-23-37-29(35)25(27(31)32)26(28(33)34)30(36)38-24-22-20-18-16-14-12-10-8-6-4-2/h25-26H,3-24H2,1-2H3,(H,31,32)(H,33,34). The summed E-state index contributed by atoms with van der Waals surface area (Å²) in [7, 11) is 0. The minimum absolute atomic E-state index is 0.000889. The first-order valence-corrected chi connectivity index (χ1v) is 15.2. The zero-order valence-electron chi connectivity index (χ0n) is 24.1. The number of carboxylic acid groups (broad SMARTS) is 2. The first-order chi connectivity index (χ1) is 18.4. The van der Waals surface area contributed by atoms with Gasteiger partial charge in [-0.1, -0.05) is 129 Å². The Labute approximate surface area is 230 Å². The maximum absolute atomic E-state index is 12.4. The summed E-state index contributed by atoms with van der Waals surface area (Å²) in [5.74, 6) is -10.1. The van der Waals surface area contributed by atoms with E-state index in [-0.39, 0.29) is 13.2 Å². The van der Waals surface area contributed by atoms with E-state index in [4.69, 9.17) is 9.47 Å². The van der Waals surface area contributed by atoms with Crippen molar-refractivity contribution in [2.24, 2.45) is 11.8 Å². The van der Waals surface area contributed by atoms with Gasteiger partial charge in [0.1, 0.15) is 0 Å². The van der Waals surface area contributed by atoms with Crippen LogP contribution in [-0.2, 0) is 28.7 Å². The number of aliphatic carboxylic acids is 2.